The molecular formula is C14H28O2. The summed E-state index contributed by atoms with van der Waals surface area (Å²) in [6, 6.07) is 0. The highest BCUT2D eigenvalue weighted by Crippen LogP contribution is 2.31. The molecule has 1 aliphatic heterocycles. The molecular weight excluding hydrogens is 200 g/mol. The van der Waals surface area contributed by atoms with Gasteiger partial charge in [0.15, 0.2) is 5.79 Å². The smallest absolute Gasteiger partial charge is 0.168 e. The molecule has 0 radical (unpaired) electrons. The van der Waals surface area contributed by atoms with E-state index in [4.69, 9.17) is 9.47 Å². The van der Waals surface area contributed by atoms with Crippen LogP contribution in [0.25, 0.3) is 0 Å². The van der Waals surface area contributed by atoms with Gasteiger partial charge in [-0.05, 0) is 18.8 Å². The minimum Gasteiger partial charge on any atom is -0.350 e. The molecule has 0 unspecified atom stereocenters. The van der Waals surface area contributed by atoms with E-state index in [9.17, 15) is 0 Å². The summed E-state index contributed by atoms with van der Waals surface area (Å²) < 4.78 is 11.9. The Morgan fingerprint density at radius 2 is 1.75 bits per heavy atom. The van der Waals surface area contributed by atoms with Gasteiger partial charge in [-0.2, -0.15) is 0 Å². The lowest BCUT2D eigenvalue weighted by molar-refractivity contribution is -0.277. The van der Waals surface area contributed by atoms with E-state index in [2.05, 4.69) is 20.8 Å². The van der Waals surface area contributed by atoms with Crippen LogP contribution in [0.4, 0.5) is 0 Å². The monoisotopic (exact) mass is 228 g/mol. The van der Waals surface area contributed by atoms with Crippen LogP contribution in [0.1, 0.15) is 65.7 Å². The summed E-state index contributed by atoms with van der Waals surface area (Å²) in [5.41, 5.74) is 0. The second-order valence-corrected chi connectivity index (χ2v) is 5.37. The average Bonchev–Trinajstić information content (AvgIpc) is 2.25. The van der Waals surface area contributed by atoms with Crippen LogP contribution in [0.15, 0.2) is 0 Å². The maximum atomic E-state index is 5.93. The Bertz CT molecular complexity index is 172. The molecule has 0 saturated carbocycles. The molecule has 0 bridgehead atoms. The molecule has 0 aromatic heterocycles. The van der Waals surface area contributed by atoms with Crippen LogP contribution >= 0.6 is 0 Å². The van der Waals surface area contributed by atoms with Crippen LogP contribution in [-0.2, 0) is 9.47 Å². The van der Waals surface area contributed by atoms with Crippen molar-refractivity contribution in [2.24, 2.45) is 5.92 Å². The highest BCUT2D eigenvalue weighted by Gasteiger charge is 2.34. The van der Waals surface area contributed by atoms with E-state index in [1.165, 1.54) is 25.7 Å². The molecule has 2 heteroatoms. The van der Waals surface area contributed by atoms with Crippen molar-refractivity contribution in [1.29, 1.82) is 0 Å². The van der Waals surface area contributed by atoms with E-state index in [0.717, 1.165) is 32.5 Å². The van der Waals surface area contributed by atoms with Gasteiger partial charge < -0.3 is 9.47 Å². The summed E-state index contributed by atoms with van der Waals surface area (Å²) in [7, 11) is 0. The van der Waals surface area contributed by atoms with Gasteiger partial charge in [0.25, 0.3) is 0 Å². The number of rotatable bonds is 7. The quantitative estimate of drug-likeness (QED) is 0.610. The maximum Gasteiger partial charge on any atom is 0.168 e. The molecule has 0 N–H and O–H groups in total. The van der Waals surface area contributed by atoms with E-state index >= 15 is 0 Å². The highest BCUT2D eigenvalue weighted by atomic mass is 16.7. The molecule has 0 aliphatic carbocycles. The zero-order valence-electron chi connectivity index (χ0n) is 11.3. The third kappa shape index (κ3) is 4.84. The number of ether oxygens (including phenoxy) is 2. The third-order valence-electron chi connectivity index (χ3n) is 3.15. The standard InChI is InChI=1S/C14H28O2/c1-4-5-6-7-9-14(12-13(2)3)15-10-8-11-16-14/h13H,4-12H2,1-3H3. The molecule has 2 nitrogen and oxygen atoms in total. The molecule has 1 heterocycles. The molecule has 0 aromatic carbocycles. The first-order valence-corrected chi connectivity index (χ1v) is 6.96. The first-order chi connectivity index (χ1) is 7.68. The molecule has 1 saturated heterocycles. The van der Waals surface area contributed by atoms with Gasteiger partial charge >= 0.3 is 0 Å². The SMILES string of the molecule is CCCCCCC1(CC(C)C)OCCCO1. The number of unbranched alkanes of at least 4 members (excludes halogenated alkanes) is 3. The maximum absolute atomic E-state index is 5.93. The van der Waals surface area contributed by atoms with Crippen molar-refractivity contribution >= 4 is 0 Å². The van der Waals surface area contributed by atoms with Crippen LogP contribution in [0.3, 0.4) is 0 Å². The summed E-state index contributed by atoms with van der Waals surface area (Å²) in [6.07, 6.45) is 8.33. The molecule has 1 aliphatic rings. The summed E-state index contributed by atoms with van der Waals surface area (Å²) in [4.78, 5) is 0. The molecule has 0 aromatic rings. The van der Waals surface area contributed by atoms with Crippen LogP contribution in [0.5, 0.6) is 0 Å². The van der Waals surface area contributed by atoms with Crippen molar-refractivity contribution in [2.75, 3.05) is 13.2 Å². The normalized spacial score (nSPS) is 20.2. The molecule has 96 valence electrons. The highest BCUT2D eigenvalue weighted by molar-refractivity contribution is 4.74. The predicted molar refractivity (Wildman–Crippen MR) is 67.5 cm³/mol. The van der Waals surface area contributed by atoms with Gasteiger partial charge in [-0.3, -0.25) is 0 Å². The van der Waals surface area contributed by atoms with Gasteiger partial charge in [-0.15, -0.1) is 0 Å². The van der Waals surface area contributed by atoms with Crippen molar-refractivity contribution in [1.82, 2.24) is 0 Å². The lowest BCUT2D eigenvalue weighted by Crippen LogP contribution is -2.41. The summed E-state index contributed by atoms with van der Waals surface area (Å²) in [5.74, 6) is 0.393. The molecule has 1 rings (SSSR count). The molecule has 0 amide bonds. The van der Waals surface area contributed by atoms with Crippen molar-refractivity contribution in [2.45, 2.75) is 71.5 Å². The van der Waals surface area contributed by atoms with Gasteiger partial charge in [0.2, 0.25) is 0 Å². The third-order valence-corrected chi connectivity index (χ3v) is 3.15. The lowest BCUT2D eigenvalue weighted by Gasteiger charge is -2.38. The van der Waals surface area contributed by atoms with Crippen molar-refractivity contribution < 1.29 is 9.47 Å². The van der Waals surface area contributed by atoms with Crippen molar-refractivity contribution in [3.8, 4) is 0 Å². The number of hydrogen-bond donors (Lipinski definition) is 0. The Kier molecular flexibility index (Phi) is 6.37. The van der Waals surface area contributed by atoms with Crippen LogP contribution in [-0.4, -0.2) is 19.0 Å². The molecule has 16 heavy (non-hydrogen) atoms. The van der Waals surface area contributed by atoms with E-state index in [0.29, 0.717) is 5.92 Å². The van der Waals surface area contributed by atoms with Crippen LogP contribution in [0, 0.1) is 5.92 Å². The van der Waals surface area contributed by atoms with Crippen molar-refractivity contribution in [3.63, 3.8) is 0 Å². The summed E-state index contributed by atoms with van der Waals surface area (Å²) in [5, 5.41) is 0. The zero-order valence-corrected chi connectivity index (χ0v) is 11.3. The van der Waals surface area contributed by atoms with E-state index in [1.54, 1.807) is 0 Å². The lowest BCUT2D eigenvalue weighted by atomic mass is 9.96. The zero-order chi connectivity index (χ0) is 11.9. The Labute approximate surface area is 101 Å². The Balaban J connectivity index is 2.36. The molecule has 0 atom stereocenters. The summed E-state index contributed by atoms with van der Waals surface area (Å²) in [6.45, 7) is 8.49. The first kappa shape index (κ1) is 14.0. The number of hydrogen-bond acceptors (Lipinski definition) is 2. The van der Waals surface area contributed by atoms with Gasteiger partial charge in [0.1, 0.15) is 0 Å². The van der Waals surface area contributed by atoms with Crippen LogP contribution in [0.2, 0.25) is 0 Å². The topological polar surface area (TPSA) is 18.5 Å². The minimum absolute atomic E-state index is 0.250. The first-order valence-electron chi connectivity index (χ1n) is 6.96. The second kappa shape index (κ2) is 7.29. The Morgan fingerprint density at radius 1 is 1.06 bits per heavy atom. The van der Waals surface area contributed by atoms with Gasteiger partial charge in [0, 0.05) is 12.8 Å². The fraction of sp³-hybridized carbons (Fsp3) is 1.00. The second-order valence-electron chi connectivity index (χ2n) is 5.37. The van der Waals surface area contributed by atoms with Gasteiger partial charge in [-0.25, -0.2) is 0 Å². The molecule has 1 fully saturated rings. The predicted octanol–water partition coefficient (Wildman–Crippen LogP) is 4.14. The van der Waals surface area contributed by atoms with Crippen LogP contribution < -0.4 is 0 Å². The minimum atomic E-state index is -0.250. The average molecular weight is 228 g/mol. The van der Waals surface area contributed by atoms with Gasteiger partial charge in [0.05, 0.1) is 13.2 Å². The Morgan fingerprint density at radius 3 is 2.31 bits per heavy atom. The van der Waals surface area contributed by atoms with E-state index in [1.807, 2.05) is 0 Å². The summed E-state index contributed by atoms with van der Waals surface area (Å²) >= 11 is 0. The van der Waals surface area contributed by atoms with E-state index < -0.39 is 0 Å². The van der Waals surface area contributed by atoms with E-state index in [-0.39, 0.29) is 5.79 Å². The van der Waals surface area contributed by atoms with Gasteiger partial charge in [-0.1, -0.05) is 40.0 Å². The van der Waals surface area contributed by atoms with Crippen molar-refractivity contribution in [3.05, 3.63) is 0 Å². The largest absolute Gasteiger partial charge is 0.350 e. The molecule has 0 spiro atoms. The Hall–Kier alpha value is -0.0800. The fourth-order valence-electron chi connectivity index (χ4n) is 2.42. The fourth-order valence-corrected chi connectivity index (χ4v) is 2.42.